The highest BCUT2D eigenvalue weighted by molar-refractivity contribution is 5.87. The predicted molar refractivity (Wildman–Crippen MR) is 129 cm³/mol. The van der Waals surface area contributed by atoms with E-state index in [-0.39, 0.29) is 0 Å². The van der Waals surface area contributed by atoms with E-state index in [4.69, 9.17) is 0 Å². The standard InChI is InChI=1S/C29H27N/c1-19-12-24-6-4-5-7-27(24)25(13-19)17-22-8-9-23(21(3)16-22)18-26-14-20(2)15-29-28(26)10-11-30-29/h4-16,30H,17-18H2,1-3H3. The third-order valence-corrected chi connectivity index (χ3v) is 6.17. The van der Waals surface area contributed by atoms with Gasteiger partial charge in [0.05, 0.1) is 0 Å². The second kappa shape index (κ2) is 7.50. The van der Waals surface area contributed by atoms with Gasteiger partial charge >= 0.3 is 0 Å². The van der Waals surface area contributed by atoms with Crippen LogP contribution in [0.25, 0.3) is 21.7 Å². The zero-order valence-corrected chi connectivity index (χ0v) is 17.9. The van der Waals surface area contributed by atoms with E-state index in [9.17, 15) is 0 Å². The molecule has 0 amide bonds. The Morgan fingerprint density at radius 3 is 2.23 bits per heavy atom. The zero-order chi connectivity index (χ0) is 20.7. The molecule has 0 spiro atoms. The number of aromatic amines is 1. The number of nitrogens with one attached hydrogen (secondary N) is 1. The molecule has 1 nitrogen and oxygen atoms in total. The van der Waals surface area contributed by atoms with Crippen molar-refractivity contribution in [2.75, 3.05) is 0 Å². The first-order valence-electron chi connectivity index (χ1n) is 10.7. The van der Waals surface area contributed by atoms with Crippen molar-refractivity contribution in [3.05, 3.63) is 118 Å². The second-order valence-electron chi connectivity index (χ2n) is 8.62. The molecule has 5 aromatic rings. The highest BCUT2D eigenvalue weighted by atomic mass is 14.7. The molecular formula is C29H27N. The van der Waals surface area contributed by atoms with Gasteiger partial charge in [0.1, 0.15) is 0 Å². The maximum Gasteiger partial charge on any atom is 0.0459 e. The number of hydrogen-bond donors (Lipinski definition) is 1. The topological polar surface area (TPSA) is 15.8 Å². The van der Waals surface area contributed by atoms with Crippen molar-refractivity contribution in [3.63, 3.8) is 0 Å². The number of rotatable bonds is 4. The van der Waals surface area contributed by atoms with E-state index < -0.39 is 0 Å². The first kappa shape index (κ1) is 18.7. The van der Waals surface area contributed by atoms with Crippen LogP contribution in [-0.4, -0.2) is 4.98 Å². The van der Waals surface area contributed by atoms with Gasteiger partial charge in [-0.15, -0.1) is 0 Å². The normalized spacial score (nSPS) is 11.4. The molecule has 30 heavy (non-hydrogen) atoms. The molecule has 1 aromatic heterocycles. The van der Waals surface area contributed by atoms with Crippen LogP contribution in [0, 0.1) is 20.8 Å². The number of benzene rings is 4. The molecule has 0 unspecified atom stereocenters. The zero-order valence-electron chi connectivity index (χ0n) is 17.9. The predicted octanol–water partition coefficient (Wildman–Crippen LogP) is 7.43. The molecule has 1 N–H and O–H groups in total. The van der Waals surface area contributed by atoms with Gasteiger partial charge in [-0.3, -0.25) is 0 Å². The summed E-state index contributed by atoms with van der Waals surface area (Å²) in [6, 6.07) is 27.1. The molecule has 0 bridgehead atoms. The van der Waals surface area contributed by atoms with Crippen molar-refractivity contribution in [2.24, 2.45) is 0 Å². The molecule has 5 rings (SSSR count). The molecule has 4 aromatic carbocycles. The van der Waals surface area contributed by atoms with Crippen molar-refractivity contribution in [1.29, 1.82) is 0 Å². The molecule has 1 heterocycles. The van der Waals surface area contributed by atoms with Gasteiger partial charge in [0, 0.05) is 17.1 Å². The molecule has 0 saturated heterocycles. The summed E-state index contributed by atoms with van der Waals surface area (Å²) in [4.78, 5) is 3.36. The van der Waals surface area contributed by atoms with E-state index >= 15 is 0 Å². The van der Waals surface area contributed by atoms with Crippen molar-refractivity contribution in [1.82, 2.24) is 4.98 Å². The van der Waals surface area contributed by atoms with Gasteiger partial charge in [0.15, 0.2) is 0 Å². The van der Waals surface area contributed by atoms with Gasteiger partial charge in [-0.05, 0) is 89.9 Å². The molecule has 0 aliphatic carbocycles. The van der Waals surface area contributed by atoms with Crippen molar-refractivity contribution < 1.29 is 0 Å². The first-order valence-corrected chi connectivity index (χ1v) is 10.7. The van der Waals surface area contributed by atoms with E-state index in [1.165, 1.54) is 60.6 Å². The first-order chi connectivity index (χ1) is 14.6. The molecule has 0 aliphatic rings. The van der Waals surface area contributed by atoms with E-state index in [1.807, 2.05) is 6.20 Å². The van der Waals surface area contributed by atoms with Gasteiger partial charge in [0.25, 0.3) is 0 Å². The Morgan fingerprint density at radius 1 is 0.633 bits per heavy atom. The van der Waals surface area contributed by atoms with Gasteiger partial charge in [0.2, 0.25) is 0 Å². The lowest BCUT2D eigenvalue weighted by molar-refractivity contribution is 1.13. The summed E-state index contributed by atoms with van der Waals surface area (Å²) in [5, 5.41) is 4.02. The minimum atomic E-state index is 0.968. The molecule has 1 heteroatoms. The number of H-pyrrole nitrogens is 1. The Hall–Kier alpha value is -3.32. The van der Waals surface area contributed by atoms with Crippen LogP contribution >= 0.6 is 0 Å². The maximum absolute atomic E-state index is 3.36. The summed E-state index contributed by atoms with van der Waals surface area (Å²) in [7, 11) is 0. The van der Waals surface area contributed by atoms with E-state index in [1.54, 1.807) is 0 Å². The molecule has 0 fully saturated rings. The van der Waals surface area contributed by atoms with Crippen molar-refractivity contribution in [2.45, 2.75) is 33.6 Å². The Labute approximate surface area is 178 Å². The summed E-state index contributed by atoms with van der Waals surface area (Å²) in [5.74, 6) is 0. The molecule has 0 radical (unpaired) electrons. The fourth-order valence-corrected chi connectivity index (χ4v) is 4.74. The van der Waals surface area contributed by atoms with Crippen LogP contribution in [0.2, 0.25) is 0 Å². The summed E-state index contributed by atoms with van der Waals surface area (Å²) in [6.07, 6.45) is 3.97. The third-order valence-electron chi connectivity index (χ3n) is 6.17. The fraction of sp³-hybridized carbons (Fsp3) is 0.172. The lowest BCUT2D eigenvalue weighted by atomic mass is 9.92. The lowest BCUT2D eigenvalue weighted by Crippen LogP contribution is -1.97. The van der Waals surface area contributed by atoms with Gasteiger partial charge < -0.3 is 4.98 Å². The van der Waals surface area contributed by atoms with Crippen molar-refractivity contribution in [3.8, 4) is 0 Å². The monoisotopic (exact) mass is 389 g/mol. The van der Waals surface area contributed by atoms with Crippen molar-refractivity contribution >= 4 is 21.7 Å². The van der Waals surface area contributed by atoms with Gasteiger partial charge in [-0.25, -0.2) is 0 Å². The van der Waals surface area contributed by atoms with Crippen LogP contribution in [0.4, 0.5) is 0 Å². The van der Waals surface area contributed by atoms with Crippen LogP contribution < -0.4 is 0 Å². The molecule has 148 valence electrons. The fourth-order valence-electron chi connectivity index (χ4n) is 4.74. The average Bonchev–Trinajstić information content (AvgIpc) is 3.18. The Morgan fingerprint density at radius 2 is 1.40 bits per heavy atom. The number of aromatic nitrogens is 1. The lowest BCUT2D eigenvalue weighted by Gasteiger charge is -2.12. The van der Waals surface area contributed by atoms with E-state index in [2.05, 4.69) is 98.6 Å². The highest BCUT2D eigenvalue weighted by Gasteiger charge is 2.09. The van der Waals surface area contributed by atoms with Crippen LogP contribution in [0.5, 0.6) is 0 Å². The Bertz CT molecular complexity index is 1370. The van der Waals surface area contributed by atoms with Crippen LogP contribution in [0.1, 0.15) is 38.9 Å². The van der Waals surface area contributed by atoms with Gasteiger partial charge in [-0.1, -0.05) is 66.2 Å². The molecule has 0 saturated carbocycles. The summed E-state index contributed by atoms with van der Waals surface area (Å²) in [6.45, 7) is 6.61. The number of hydrogen-bond acceptors (Lipinski definition) is 0. The summed E-state index contributed by atoms with van der Waals surface area (Å²) >= 11 is 0. The Kier molecular flexibility index (Phi) is 4.67. The third kappa shape index (κ3) is 3.52. The molecule has 0 aliphatic heterocycles. The van der Waals surface area contributed by atoms with E-state index in [0.717, 1.165) is 12.8 Å². The smallest absolute Gasteiger partial charge is 0.0459 e. The summed E-state index contributed by atoms with van der Waals surface area (Å²) < 4.78 is 0. The van der Waals surface area contributed by atoms with Crippen LogP contribution in [0.3, 0.4) is 0 Å². The largest absolute Gasteiger partial charge is 0.361 e. The minimum Gasteiger partial charge on any atom is -0.361 e. The SMILES string of the molecule is Cc1cc(Cc2ccc(Cc3cc(C)cc4[nH]ccc34)c(C)c2)c2ccccc2c1. The Balaban J connectivity index is 1.46. The number of aryl methyl sites for hydroxylation is 3. The maximum atomic E-state index is 3.36. The molecular weight excluding hydrogens is 362 g/mol. The average molecular weight is 390 g/mol. The van der Waals surface area contributed by atoms with E-state index in [0.29, 0.717) is 0 Å². The molecule has 0 atom stereocenters. The highest BCUT2D eigenvalue weighted by Crippen LogP contribution is 2.27. The van der Waals surface area contributed by atoms with Crippen LogP contribution in [-0.2, 0) is 12.8 Å². The van der Waals surface area contributed by atoms with Crippen LogP contribution in [0.15, 0.2) is 79.0 Å². The number of fused-ring (bicyclic) bond motifs is 2. The summed E-state index contributed by atoms with van der Waals surface area (Å²) in [5.41, 5.74) is 10.8. The second-order valence-corrected chi connectivity index (χ2v) is 8.62. The quantitative estimate of drug-likeness (QED) is 0.329. The van der Waals surface area contributed by atoms with Gasteiger partial charge in [-0.2, -0.15) is 0 Å². The minimum absolute atomic E-state index is 0.968.